The first-order valence-electron chi connectivity index (χ1n) is 12.6. The second-order valence-corrected chi connectivity index (χ2v) is 10.3. The molecule has 0 bridgehead atoms. The first kappa shape index (κ1) is 23.2. The van der Waals surface area contributed by atoms with Crippen LogP contribution in [0.25, 0.3) is 10.9 Å². The van der Waals surface area contributed by atoms with Crippen molar-refractivity contribution >= 4 is 16.8 Å². The average molecular weight is 492 g/mol. The molecule has 1 amide bonds. The van der Waals surface area contributed by atoms with E-state index in [1.54, 1.807) is 14.0 Å². The van der Waals surface area contributed by atoms with Crippen molar-refractivity contribution in [2.24, 2.45) is 7.05 Å². The van der Waals surface area contributed by atoms with E-state index in [1.807, 2.05) is 23.1 Å². The molecule has 1 atom stereocenters. The number of aromatic nitrogens is 1. The SMILES string of the molecule is COc1ccc2c3c(n(C)c2c1)[C@@H](CO)N(Cc1ccc2c(c1)OCO2)CC31CCN(C(C)=O)CC1. The molecule has 1 N–H and O–H groups in total. The lowest BCUT2D eigenvalue weighted by molar-refractivity contribution is -0.130. The van der Waals surface area contributed by atoms with E-state index >= 15 is 0 Å². The van der Waals surface area contributed by atoms with E-state index in [4.69, 9.17) is 14.2 Å². The van der Waals surface area contributed by atoms with E-state index in [2.05, 4.69) is 34.7 Å². The van der Waals surface area contributed by atoms with Gasteiger partial charge in [0.05, 0.1) is 25.3 Å². The number of hydrogen-bond donors (Lipinski definition) is 1. The molecular formula is C28H33N3O5. The van der Waals surface area contributed by atoms with Crippen LogP contribution in [0.4, 0.5) is 0 Å². The summed E-state index contributed by atoms with van der Waals surface area (Å²) in [5.41, 5.74) is 4.60. The van der Waals surface area contributed by atoms with Gasteiger partial charge in [0.15, 0.2) is 11.5 Å². The molecule has 6 rings (SSSR count). The fourth-order valence-corrected chi connectivity index (χ4v) is 6.56. The number of hydrogen-bond acceptors (Lipinski definition) is 6. The largest absolute Gasteiger partial charge is 0.497 e. The smallest absolute Gasteiger partial charge is 0.231 e. The molecule has 190 valence electrons. The summed E-state index contributed by atoms with van der Waals surface area (Å²) in [4.78, 5) is 16.5. The molecule has 8 heteroatoms. The quantitative estimate of drug-likeness (QED) is 0.603. The minimum atomic E-state index is -0.148. The van der Waals surface area contributed by atoms with Crippen molar-refractivity contribution in [1.29, 1.82) is 0 Å². The number of benzene rings is 2. The summed E-state index contributed by atoms with van der Waals surface area (Å²) < 4.78 is 18.9. The normalized spacial score (nSPS) is 20.7. The number of rotatable bonds is 4. The fraction of sp³-hybridized carbons (Fsp3) is 0.464. The number of amides is 1. The van der Waals surface area contributed by atoms with Crippen LogP contribution >= 0.6 is 0 Å². The second kappa shape index (κ2) is 8.71. The van der Waals surface area contributed by atoms with Gasteiger partial charge in [0.1, 0.15) is 5.75 Å². The Labute approximate surface area is 210 Å². The van der Waals surface area contributed by atoms with E-state index < -0.39 is 0 Å². The number of fused-ring (bicyclic) bond motifs is 5. The van der Waals surface area contributed by atoms with E-state index in [1.165, 1.54) is 10.9 Å². The third-order valence-electron chi connectivity index (χ3n) is 8.41. The maximum absolute atomic E-state index is 12.1. The highest BCUT2D eigenvalue weighted by atomic mass is 16.7. The molecule has 3 aliphatic heterocycles. The number of aryl methyl sites for hydroxylation is 1. The predicted octanol–water partition coefficient (Wildman–Crippen LogP) is 3.34. The third-order valence-corrected chi connectivity index (χ3v) is 8.41. The predicted molar refractivity (Wildman–Crippen MR) is 135 cm³/mol. The molecule has 3 aromatic rings. The average Bonchev–Trinajstić information content (AvgIpc) is 3.47. The Morgan fingerprint density at radius 3 is 2.64 bits per heavy atom. The van der Waals surface area contributed by atoms with Gasteiger partial charge in [0, 0.05) is 62.7 Å². The van der Waals surface area contributed by atoms with Crippen LogP contribution in [0.5, 0.6) is 17.2 Å². The van der Waals surface area contributed by atoms with E-state index in [0.717, 1.165) is 66.5 Å². The van der Waals surface area contributed by atoms with Gasteiger partial charge in [0.2, 0.25) is 12.7 Å². The molecule has 1 saturated heterocycles. The van der Waals surface area contributed by atoms with Gasteiger partial charge in [-0.3, -0.25) is 9.69 Å². The highest BCUT2D eigenvalue weighted by Crippen LogP contribution is 2.50. The van der Waals surface area contributed by atoms with Gasteiger partial charge in [-0.2, -0.15) is 0 Å². The van der Waals surface area contributed by atoms with Crippen LogP contribution in [0.1, 0.15) is 42.6 Å². The van der Waals surface area contributed by atoms with Crippen LogP contribution in [0.3, 0.4) is 0 Å². The molecule has 0 unspecified atom stereocenters. The minimum absolute atomic E-state index is 0.0223. The number of likely N-dealkylation sites (tertiary alicyclic amines) is 1. The number of methoxy groups -OCH3 is 1. The van der Waals surface area contributed by atoms with Crippen molar-refractivity contribution in [1.82, 2.24) is 14.4 Å². The molecule has 1 spiro atoms. The molecular weight excluding hydrogens is 458 g/mol. The number of aliphatic hydroxyl groups is 1. The first-order valence-corrected chi connectivity index (χ1v) is 12.6. The summed E-state index contributed by atoms with van der Waals surface area (Å²) in [7, 11) is 3.78. The third kappa shape index (κ3) is 3.54. The maximum atomic E-state index is 12.1. The van der Waals surface area contributed by atoms with Crippen molar-refractivity contribution in [3.8, 4) is 17.2 Å². The topological polar surface area (TPSA) is 76.4 Å². The minimum Gasteiger partial charge on any atom is -0.497 e. The summed E-state index contributed by atoms with van der Waals surface area (Å²) in [5, 5.41) is 11.9. The van der Waals surface area contributed by atoms with Gasteiger partial charge >= 0.3 is 0 Å². The molecule has 2 aromatic carbocycles. The lowest BCUT2D eigenvalue weighted by Crippen LogP contribution is -2.54. The molecule has 0 saturated carbocycles. The lowest BCUT2D eigenvalue weighted by atomic mass is 9.68. The van der Waals surface area contributed by atoms with Crippen LogP contribution in [0, 0.1) is 0 Å². The molecule has 1 aromatic heterocycles. The lowest BCUT2D eigenvalue weighted by Gasteiger charge is -2.50. The van der Waals surface area contributed by atoms with Gasteiger partial charge in [0.25, 0.3) is 0 Å². The fourth-order valence-electron chi connectivity index (χ4n) is 6.56. The Morgan fingerprint density at radius 1 is 1.14 bits per heavy atom. The molecule has 0 radical (unpaired) electrons. The van der Waals surface area contributed by atoms with Crippen molar-refractivity contribution in [3.05, 3.63) is 53.2 Å². The molecule has 0 aliphatic carbocycles. The number of carbonyl (C=O) groups excluding carboxylic acids is 1. The Morgan fingerprint density at radius 2 is 1.92 bits per heavy atom. The van der Waals surface area contributed by atoms with Crippen LogP contribution in [-0.2, 0) is 23.8 Å². The van der Waals surface area contributed by atoms with Crippen molar-refractivity contribution in [2.45, 2.75) is 37.8 Å². The Bertz CT molecular complexity index is 1320. The summed E-state index contributed by atoms with van der Waals surface area (Å²) >= 11 is 0. The zero-order valence-electron chi connectivity index (χ0n) is 21.1. The summed E-state index contributed by atoms with van der Waals surface area (Å²) in [6, 6.07) is 12.2. The summed E-state index contributed by atoms with van der Waals surface area (Å²) in [6.07, 6.45) is 1.78. The highest BCUT2D eigenvalue weighted by Gasteiger charge is 2.48. The number of carbonyl (C=O) groups is 1. The van der Waals surface area contributed by atoms with Crippen molar-refractivity contribution in [2.75, 3.05) is 40.1 Å². The summed E-state index contributed by atoms with van der Waals surface area (Å²) in [6.45, 7) is 4.91. The zero-order chi connectivity index (χ0) is 25.0. The second-order valence-electron chi connectivity index (χ2n) is 10.3. The van der Waals surface area contributed by atoms with Gasteiger partial charge in [-0.1, -0.05) is 6.07 Å². The van der Waals surface area contributed by atoms with Gasteiger partial charge < -0.3 is 28.8 Å². The number of ether oxygens (including phenoxy) is 3. The van der Waals surface area contributed by atoms with E-state index in [-0.39, 0.29) is 30.8 Å². The van der Waals surface area contributed by atoms with Crippen molar-refractivity contribution in [3.63, 3.8) is 0 Å². The molecule has 36 heavy (non-hydrogen) atoms. The first-order chi connectivity index (χ1) is 17.4. The van der Waals surface area contributed by atoms with Gasteiger partial charge in [-0.15, -0.1) is 0 Å². The van der Waals surface area contributed by atoms with Crippen LogP contribution in [0.2, 0.25) is 0 Å². The monoisotopic (exact) mass is 491 g/mol. The van der Waals surface area contributed by atoms with Crippen LogP contribution in [-0.4, -0.2) is 65.5 Å². The van der Waals surface area contributed by atoms with Crippen LogP contribution < -0.4 is 14.2 Å². The van der Waals surface area contributed by atoms with Crippen molar-refractivity contribution < 1.29 is 24.1 Å². The highest BCUT2D eigenvalue weighted by molar-refractivity contribution is 5.88. The Hall–Kier alpha value is -3.23. The van der Waals surface area contributed by atoms with Gasteiger partial charge in [-0.25, -0.2) is 0 Å². The van der Waals surface area contributed by atoms with Gasteiger partial charge in [-0.05, 0) is 48.2 Å². The molecule has 3 aliphatic rings. The molecule has 4 heterocycles. The van der Waals surface area contributed by atoms with E-state index in [9.17, 15) is 9.90 Å². The Kier molecular flexibility index (Phi) is 5.61. The summed E-state index contributed by atoms with van der Waals surface area (Å²) in [5.74, 6) is 2.49. The van der Waals surface area contributed by atoms with Crippen LogP contribution in [0.15, 0.2) is 36.4 Å². The molecule has 8 nitrogen and oxygen atoms in total. The Balaban J connectivity index is 1.46. The maximum Gasteiger partial charge on any atom is 0.231 e. The molecule has 1 fully saturated rings. The number of nitrogens with zero attached hydrogens (tertiary/aromatic N) is 3. The zero-order valence-corrected chi connectivity index (χ0v) is 21.1. The van der Waals surface area contributed by atoms with E-state index in [0.29, 0.717) is 6.54 Å². The number of aliphatic hydroxyl groups excluding tert-OH is 1. The number of piperidine rings is 1. The standard InChI is InChI=1S/C28H33N3O5/c1-18(33)30-10-8-28(9-11-30)16-31(14-19-4-7-24-25(12-19)36-17-35-24)23(15-32)27-26(28)21-6-5-20(34-3)13-22(21)29(27)2/h4-7,12-13,23,32H,8-11,14-17H2,1-3H3/t23-/m1/s1.